The molecule has 0 spiro atoms. The van der Waals surface area contributed by atoms with Crippen LogP contribution >= 0.6 is 0 Å². The molecule has 2 aromatic rings. The average molecular weight is 294 g/mol. The highest BCUT2D eigenvalue weighted by atomic mass is 16.1. The summed E-state index contributed by atoms with van der Waals surface area (Å²) in [6, 6.07) is 9.30. The van der Waals surface area contributed by atoms with E-state index in [1.54, 1.807) is 0 Å². The predicted molar refractivity (Wildman–Crippen MR) is 81.9 cm³/mol. The Morgan fingerprint density at radius 1 is 1.05 bits per heavy atom. The van der Waals surface area contributed by atoms with Crippen LogP contribution in [0, 0.1) is 0 Å². The van der Waals surface area contributed by atoms with E-state index in [2.05, 4.69) is 24.9 Å². The second-order valence-corrected chi connectivity index (χ2v) is 4.88. The Balaban J connectivity index is 2.03. The lowest BCUT2D eigenvalue weighted by molar-refractivity contribution is -0.333. The standard InChI is InChI=1S/C14H11N7O/c15-10-9-12(21-14(16)19-10)20-11(18-9)8-6-4-2-1-3-5-7(6)17-13(8)22/h1-5H,(H,17,22)(H5,15,16,18,19,20,21)/p+1. The van der Waals surface area contributed by atoms with Crippen LogP contribution in [0.1, 0.15) is 0 Å². The third-order valence-electron chi connectivity index (χ3n) is 3.47. The van der Waals surface area contributed by atoms with Gasteiger partial charge in [0.1, 0.15) is 5.56 Å². The highest BCUT2D eigenvalue weighted by Gasteiger charge is 2.22. The molecule has 0 saturated heterocycles. The number of nitrogen functional groups attached to an aromatic ring is 2. The van der Waals surface area contributed by atoms with E-state index in [9.17, 15) is 4.79 Å². The van der Waals surface area contributed by atoms with Crippen LogP contribution in [0.5, 0.6) is 0 Å². The SMILES string of the molecule is Nc1nc(N)c2[nH]c(-c3c4cccccc-4[nH]c3=O)nc2[nH+]1. The number of hydrogen-bond acceptors (Lipinski definition) is 5. The maximum Gasteiger partial charge on any atom is 0.344 e. The van der Waals surface area contributed by atoms with Gasteiger partial charge in [0.05, 0.1) is 0 Å². The van der Waals surface area contributed by atoms with Gasteiger partial charge in [0.25, 0.3) is 11.2 Å². The van der Waals surface area contributed by atoms with Crippen LogP contribution < -0.4 is 22.0 Å². The fraction of sp³-hybridized carbons (Fsp3) is 0. The lowest BCUT2D eigenvalue weighted by Gasteiger charge is -1.93. The molecule has 22 heavy (non-hydrogen) atoms. The van der Waals surface area contributed by atoms with Crippen molar-refractivity contribution in [1.29, 1.82) is 0 Å². The lowest BCUT2D eigenvalue weighted by atomic mass is 10.1. The minimum absolute atomic E-state index is 0.163. The molecule has 0 amide bonds. The predicted octanol–water partition coefficient (Wildman–Crippen LogP) is 0.396. The monoisotopic (exact) mass is 294 g/mol. The van der Waals surface area contributed by atoms with E-state index in [1.165, 1.54) is 0 Å². The summed E-state index contributed by atoms with van der Waals surface area (Å²) in [7, 11) is 0. The molecule has 4 rings (SSSR count). The molecule has 0 saturated carbocycles. The first-order valence-electron chi connectivity index (χ1n) is 6.59. The first kappa shape index (κ1) is 12.3. The van der Waals surface area contributed by atoms with Gasteiger partial charge in [-0.15, -0.1) is 4.98 Å². The van der Waals surface area contributed by atoms with Crippen LogP contribution in [0.25, 0.3) is 33.8 Å². The molecule has 108 valence electrons. The number of hydrogen-bond donors (Lipinski definition) is 4. The molecule has 8 heteroatoms. The molecule has 1 aliphatic heterocycles. The Labute approximate surface area is 123 Å². The van der Waals surface area contributed by atoms with Crippen molar-refractivity contribution in [2.24, 2.45) is 0 Å². The maximum absolute atomic E-state index is 12.3. The fourth-order valence-electron chi connectivity index (χ4n) is 2.52. The van der Waals surface area contributed by atoms with Gasteiger partial charge in [-0.3, -0.25) is 4.79 Å². The van der Waals surface area contributed by atoms with Crippen LogP contribution in [-0.2, 0) is 0 Å². The van der Waals surface area contributed by atoms with E-state index in [0.29, 0.717) is 22.6 Å². The summed E-state index contributed by atoms with van der Waals surface area (Å²) in [5.74, 6) is 0.798. The van der Waals surface area contributed by atoms with Gasteiger partial charge in [0.2, 0.25) is 11.6 Å². The van der Waals surface area contributed by atoms with Crippen molar-refractivity contribution >= 4 is 22.9 Å². The molecular weight excluding hydrogens is 282 g/mol. The van der Waals surface area contributed by atoms with Crippen molar-refractivity contribution in [1.82, 2.24) is 19.9 Å². The van der Waals surface area contributed by atoms with E-state index >= 15 is 0 Å². The molecule has 0 bridgehead atoms. The van der Waals surface area contributed by atoms with Crippen molar-refractivity contribution in [2.75, 3.05) is 11.5 Å². The molecule has 7 N–H and O–H groups in total. The quantitative estimate of drug-likeness (QED) is 0.402. The topological polar surface area (TPSA) is 141 Å². The molecule has 0 radical (unpaired) electrons. The number of rotatable bonds is 1. The first-order valence-corrected chi connectivity index (χ1v) is 6.59. The number of nitrogens with zero attached hydrogens (tertiary/aromatic N) is 2. The molecule has 8 nitrogen and oxygen atoms in total. The van der Waals surface area contributed by atoms with Crippen molar-refractivity contribution in [3.8, 4) is 22.6 Å². The third kappa shape index (κ3) is 1.71. The molecule has 1 aliphatic carbocycles. The van der Waals surface area contributed by atoms with Crippen LogP contribution in [-0.4, -0.2) is 19.9 Å². The average Bonchev–Trinajstić information content (AvgIpc) is 2.92. The molecule has 0 aromatic carbocycles. The van der Waals surface area contributed by atoms with Gasteiger partial charge in [-0.25, -0.2) is 4.98 Å². The summed E-state index contributed by atoms with van der Waals surface area (Å²) < 4.78 is 0. The molecule has 0 atom stereocenters. The van der Waals surface area contributed by atoms with Crippen molar-refractivity contribution in [3.63, 3.8) is 0 Å². The molecule has 2 aliphatic rings. The first-order chi connectivity index (χ1) is 10.6. The van der Waals surface area contributed by atoms with Crippen LogP contribution in [0.2, 0.25) is 0 Å². The number of anilines is 2. The van der Waals surface area contributed by atoms with Gasteiger partial charge in [-0.05, 0) is 6.07 Å². The van der Waals surface area contributed by atoms with Crippen molar-refractivity contribution < 1.29 is 4.98 Å². The Hall–Kier alpha value is -3.42. The van der Waals surface area contributed by atoms with E-state index in [-0.39, 0.29) is 17.3 Å². The number of aromatic nitrogens is 5. The lowest BCUT2D eigenvalue weighted by Crippen LogP contribution is -2.15. The minimum Gasteiger partial charge on any atom is -0.371 e. The zero-order chi connectivity index (χ0) is 15.3. The summed E-state index contributed by atoms with van der Waals surface area (Å²) in [5, 5.41) is 0. The Morgan fingerprint density at radius 2 is 1.86 bits per heavy atom. The van der Waals surface area contributed by atoms with Crippen LogP contribution in [0.3, 0.4) is 0 Å². The fourth-order valence-corrected chi connectivity index (χ4v) is 2.52. The van der Waals surface area contributed by atoms with Crippen molar-refractivity contribution in [2.45, 2.75) is 0 Å². The summed E-state index contributed by atoms with van der Waals surface area (Å²) in [5.41, 5.74) is 14.2. The van der Waals surface area contributed by atoms with Gasteiger partial charge < -0.3 is 21.4 Å². The highest BCUT2D eigenvalue weighted by Crippen LogP contribution is 2.29. The summed E-state index contributed by atoms with van der Waals surface area (Å²) in [6.07, 6.45) is 0. The third-order valence-corrected chi connectivity index (χ3v) is 3.47. The van der Waals surface area contributed by atoms with E-state index in [0.717, 1.165) is 11.3 Å². The molecule has 2 aromatic heterocycles. The number of nitrogens with two attached hydrogens (primary N) is 2. The second-order valence-electron chi connectivity index (χ2n) is 4.88. The Morgan fingerprint density at radius 3 is 2.73 bits per heavy atom. The smallest absolute Gasteiger partial charge is 0.344 e. The van der Waals surface area contributed by atoms with E-state index in [1.807, 2.05) is 30.3 Å². The Kier molecular flexibility index (Phi) is 2.40. The largest absolute Gasteiger partial charge is 0.371 e. The van der Waals surface area contributed by atoms with Gasteiger partial charge in [0.15, 0.2) is 5.52 Å². The molecule has 0 unspecified atom stereocenters. The number of nitrogens with one attached hydrogen (secondary N) is 3. The van der Waals surface area contributed by atoms with Crippen LogP contribution in [0.4, 0.5) is 11.8 Å². The normalized spacial score (nSPS) is 11.3. The van der Waals surface area contributed by atoms with Gasteiger partial charge in [-0.1, -0.05) is 29.2 Å². The van der Waals surface area contributed by atoms with Crippen LogP contribution in [0.15, 0.2) is 35.1 Å². The van der Waals surface area contributed by atoms with Gasteiger partial charge in [-0.2, -0.15) is 0 Å². The van der Waals surface area contributed by atoms with Gasteiger partial charge in [0, 0.05) is 11.3 Å². The molecule has 0 fully saturated rings. The zero-order valence-corrected chi connectivity index (χ0v) is 11.3. The summed E-state index contributed by atoms with van der Waals surface area (Å²) in [4.78, 5) is 29.3. The van der Waals surface area contributed by atoms with Crippen molar-refractivity contribution in [3.05, 3.63) is 40.7 Å². The van der Waals surface area contributed by atoms with E-state index < -0.39 is 0 Å². The second kappa shape index (κ2) is 4.29. The molecule has 3 heterocycles. The number of fused-ring (bicyclic) bond motifs is 2. The van der Waals surface area contributed by atoms with Gasteiger partial charge >= 0.3 is 5.95 Å². The Bertz CT molecular complexity index is 1030. The molecular formula is C14H12N7O+. The maximum atomic E-state index is 12.3. The summed E-state index contributed by atoms with van der Waals surface area (Å²) in [6.45, 7) is 0. The number of H-pyrrole nitrogens is 3. The summed E-state index contributed by atoms with van der Waals surface area (Å²) >= 11 is 0. The zero-order valence-electron chi connectivity index (χ0n) is 11.3. The number of aromatic amines is 3. The highest BCUT2D eigenvalue weighted by molar-refractivity contribution is 5.87. The number of imidazole rings is 1. The minimum atomic E-state index is -0.222. The van der Waals surface area contributed by atoms with E-state index in [4.69, 9.17) is 11.5 Å².